The van der Waals surface area contributed by atoms with Crippen molar-refractivity contribution in [3.05, 3.63) is 53.4 Å². The van der Waals surface area contributed by atoms with Crippen LogP contribution in [0.25, 0.3) is 21.6 Å². The number of fused-ring (bicyclic) bond motifs is 1. The fourth-order valence-corrected chi connectivity index (χ4v) is 5.05. The average Bonchev–Trinajstić information content (AvgIpc) is 3.52. The van der Waals surface area contributed by atoms with Crippen molar-refractivity contribution in [2.24, 2.45) is 0 Å². The second-order valence-electron chi connectivity index (χ2n) is 7.23. The summed E-state index contributed by atoms with van der Waals surface area (Å²) in [4.78, 5) is 11.9. The van der Waals surface area contributed by atoms with Gasteiger partial charge < -0.3 is 14.0 Å². The van der Waals surface area contributed by atoms with Crippen molar-refractivity contribution in [3.8, 4) is 22.9 Å². The molecule has 0 saturated carbocycles. The van der Waals surface area contributed by atoms with Crippen molar-refractivity contribution < 1.29 is 14.0 Å². The summed E-state index contributed by atoms with van der Waals surface area (Å²) in [5.41, 5.74) is 1.84. The maximum Gasteiger partial charge on any atom is 0.241 e. The minimum Gasteiger partial charge on any atom is -0.497 e. The smallest absolute Gasteiger partial charge is 0.241 e. The molecule has 30 heavy (non-hydrogen) atoms. The SMILES string of the molecule is COc1ccc(-c2noc(CN3CCCC3c3nc4ccccc4s3)n2)c(OC)c1. The average molecular weight is 423 g/mol. The van der Waals surface area contributed by atoms with Crippen LogP contribution in [0.3, 0.4) is 0 Å². The molecule has 1 unspecified atom stereocenters. The van der Waals surface area contributed by atoms with Crippen molar-refractivity contribution in [2.75, 3.05) is 20.8 Å². The maximum atomic E-state index is 5.57. The van der Waals surface area contributed by atoms with Gasteiger partial charge >= 0.3 is 0 Å². The Kier molecular flexibility index (Phi) is 5.10. The number of benzene rings is 2. The molecule has 2 aromatic heterocycles. The highest BCUT2D eigenvalue weighted by Crippen LogP contribution is 2.37. The van der Waals surface area contributed by atoms with Gasteiger partial charge in [-0.1, -0.05) is 17.3 Å². The van der Waals surface area contributed by atoms with Crippen LogP contribution < -0.4 is 9.47 Å². The number of rotatable bonds is 6. The van der Waals surface area contributed by atoms with Crippen molar-refractivity contribution >= 4 is 21.6 Å². The molecule has 8 heteroatoms. The van der Waals surface area contributed by atoms with Gasteiger partial charge in [-0.15, -0.1) is 11.3 Å². The number of methoxy groups -OCH3 is 2. The summed E-state index contributed by atoms with van der Waals surface area (Å²) in [6, 6.07) is 14.1. The summed E-state index contributed by atoms with van der Waals surface area (Å²) in [7, 11) is 3.24. The van der Waals surface area contributed by atoms with Crippen molar-refractivity contribution in [2.45, 2.75) is 25.4 Å². The molecule has 0 spiro atoms. The topological polar surface area (TPSA) is 73.5 Å². The number of thiazole rings is 1. The summed E-state index contributed by atoms with van der Waals surface area (Å²) in [5.74, 6) is 2.47. The molecular formula is C22H22N4O3S. The Bertz CT molecular complexity index is 1140. The summed E-state index contributed by atoms with van der Waals surface area (Å²) in [5, 5.41) is 5.34. The molecule has 154 valence electrons. The highest BCUT2D eigenvalue weighted by atomic mass is 32.1. The summed E-state index contributed by atoms with van der Waals surface area (Å²) in [6.07, 6.45) is 2.22. The zero-order chi connectivity index (χ0) is 20.5. The largest absolute Gasteiger partial charge is 0.497 e. The van der Waals surface area contributed by atoms with E-state index in [0.29, 0.717) is 24.0 Å². The Morgan fingerprint density at radius 2 is 2.03 bits per heavy atom. The van der Waals surface area contributed by atoms with Crippen LogP contribution in [0.4, 0.5) is 0 Å². The van der Waals surface area contributed by atoms with Gasteiger partial charge in [-0.05, 0) is 43.7 Å². The van der Waals surface area contributed by atoms with Crippen LogP contribution in [0.2, 0.25) is 0 Å². The van der Waals surface area contributed by atoms with E-state index in [1.165, 1.54) is 4.70 Å². The Morgan fingerprint density at radius 1 is 1.13 bits per heavy atom. The number of hydrogen-bond donors (Lipinski definition) is 0. The minimum atomic E-state index is 0.285. The molecule has 1 aliphatic rings. The van der Waals surface area contributed by atoms with E-state index in [0.717, 1.165) is 41.2 Å². The van der Waals surface area contributed by atoms with E-state index >= 15 is 0 Å². The maximum absolute atomic E-state index is 5.57. The molecule has 0 bridgehead atoms. The third-order valence-electron chi connectivity index (χ3n) is 5.42. The van der Waals surface area contributed by atoms with Crippen LogP contribution in [0.15, 0.2) is 47.0 Å². The van der Waals surface area contributed by atoms with Gasteiger partial charge in [0.25, 0.3) is 0 Å². The number of ether oxygens (including phenoxy) is 2. The predicted molar refractivity (Wildman–Crippen MR) is 115 cm³/mol. The van der Waals surface area contributed by atoms with E-state index in [1.807, 2.05) is 24.3 Å². The van der Waals surface area contributed by atoms with Gasteiger partial charge in [0.2, 0.25) is 11.7 Å². The molecule has 0 amide bonds. The Labute approximate surface area is 178 Å². The number of hydrogen-bond acceptors (Lipinski definition) is 8. The van der Waals surface area contributed by atoms with E-state index in [2.05, 4.69) is 33.2 Å². The highest BCUT2D eigenvalue weighted by Gasteiger charge is 2.30. The van der Waals surface area contributed by atoms with Crippen LogP contribution in [0.5, 0.6) is 11.5 Å². The molecule has 5 rings (SSSR count). The monoisotopic (exact) mass is 422 g/mol. The molecule has 0 N–H and O–H groups in total. The quantitative estimate of drug-likeness (QED) is 0.446. The standard InChI is InChI=1S/C22H22N4O3S/c1-27-14-9-10-15(18(12-14)28-2)21-24-20(29-25-21)13-26-11-5-7-17(26)22-23-16-6-3-4-8-19(16)30-22/h3-4,6,8-10,12,17H,5,7,11,13H2,1-2H3. The number of nitrogens with zero attached hydrogens (tertiary/aromatic N) is 4. The normalized spacial score (nSPS) is 16.9. The lowest BCUT2D eigenvalue weighted by molar-refractivity contribution is 0.212. The summed E-state index contributed by atoms with van der Waals surface area (Å²) in [6.45, 7) is 1.59. The molecule has 3 heterocycles. The van der Waals surface area contributed by atoms with Crippen LogP contribution >= 0.6 is 11.3 Å². The summed E-state index contributed by atoms with van der Waals surface area (Å²) < 4.78 is 17.5. The zero-order valence-electron chi connectivity index (χ0n) is 16.9. The molecule has 2 aromatic carbocycles. The zero-order valence-corrected chi connectivity index (χ0v) is 17.7. The fraction of sp³-hybridized carbons (Fsp3) is 0.318. The van der Waals surface area contributed by atoms with E-state index in [4.69, 9.17) is 19.0 Å². The molecular weight excluding hydrogens is 400 g/mol. The van der Waals surface area contributed by atoms with Crippen molar-refractivity contribution in [1.29, 1.82) is 0 Å². The lowest BCUT2D eigenvalue weighted by atomic mass is 10.2. The van der Waals surface area contributed by atoms with E-state index in [1.54, 1.807) is 25.6 Å². The van der Waals surface area contributed by atoms with E-state index < -0.39 is 0 Å². The third kappa shape index (κ3) is 3.53. The molecule has 4 aromatic rings. The van der Waals surface area contributed by atoms with Crippen molar-refractivity contribution in [3.63, 3.8) is 0 Å². The van der Waals surface area contributed by atoms with Gasteiger partial charge in [0.05, 0.1) is 42.6 Å². The second kappa shape index (κ2) is 8.04. The van der Waals surface area contributed by atoms with Gasteiger partial charge in [-0.25, -0.2) is 4.98 Å². The summed E-state index contributed by atoms with van der Waals surface area (Å²) >= 11 is 1.77. The Balaban J connectivity index is 1.37. The first-order chi connectivity index (χ1) is 14.7. The van der Waals surface area contributed by atoms with Crippen LogP contribution in [-0.2, 0) is 6.54 Å². The fourth-order valence-electron chi connectivity index (χ4n) is 3.91. The van der Waals surface area contributed by atoms with E-state index in [9.17, 15) is 0 Å². The number of likely N-dealkylation sites (tertiary alicyclic amines) is 1. The number of aromatic nitrogens is 3. The van der Waals surface area contributed by atoms with Crippen LogP contribution in [0.1, 0.15) is 29.8 Å². The molecule has 1 aliphatic heterocycles. The third-order valence-corrected chi connectivity index (χ3v) is 6.55. The van der Waals surface area contributed by atoms with Gasteiger partial charge in [0, 0.05) is 6.07 Å². The van der Waals surface area contributed by atoms with Gasteiger partial charge in [-0.3, -0.25) is 4.90 Å². The molecule has 1 saturated heterocycles. The Hall–Kier alpha value is -2.97. The molecule has 1 fully saturated rings. The van der Waals surface area contributed by atoms with Crippen molar-refractivity contribution in [1.82, 2.24) is 20.0 Å². The predicted octanol–water partition coefficient (Wildman–Crippen LogP) is 4.70. The molecule has 0 radical (unpaired) electrons. The number of para-hydroxylation sites is 1. The van der Waals surface area contributed by atoms with Gasteiger partial charge in [0.1, 0.15) is 16.5 Å². The van der Waals surface area contributed by atoms with Gasteiger partial charge in [0.15, 0.2) is 0 Å². The lowest BCUT2D eigenvalue weighted by Crippen LogP contribution is -2.22. The second-order valence-corrected chi connectivity index (χ2v) is 8.29. The molecule has 1 atom stereocenters. The first-order valence-corrected chi connectivity index (χ1v) is 10.7. The first kappa shape index (κ1) is 19.0. The minimum absolute atomic E-state index is 0.285. The van der Waals surface area contributed by atoms with E-state index in [-0.39, 0.29) is 6.04 Å². The molecule has 7 nitrogen and oxygen atoms in total. The van der Waals surface area contributed by atoms with Crippen LogP contribution in [0, 0.1) is 0 Å². The Morgan fingerprint density at radius 3 is 2.87 bits per heavy atom. The highest BCUT2D eigenvalue weighted by molar-refractivity contribution is 7.18. The lowest BCUT2D eigenvalue weighted by Gasteiger charge is -2.20. The first-order valence-electron chi connectivity index (χ1n) is 9.89. The van der Waals surface area contributed by atoms with Gasteiger partial charge in [-0.2, -0.15) is 4.98 Å². The van der Waals surface area contributed by atoms with Crippen LogP contribution in [-0.4, -0.2) is 40.8 Å². The molecule has 0 aliphatic carbocycles.